The van der Waals surface area contributed by atoms with E-state index in [4.69, 9.17) is 0 Å². The summed E-state index contributed by atoms with van der Waals surface area (Å²) in [6.45, 7) is 2.17. The SMILES string of the molecule is CC1CCCC1C(=O)c1ccn(C)n1. The van der Waals surface area contributed by atoms with Crippen molar-refractivity contribution in [3.05, 3.63) is 18.0 Å². The fraction of sp³-hybridized carbons (Fsp3) is 0.636. The third kappa shape index (κ3) is 1.59. The molecule has 0 spiro atoms. The van der Waals surface area contributed by atoms with E-state index in [9.17, 15) is 4.79 Å². The van der Waals surface area contributed by atoms with Gasteiger partial charge in [0.2, 0.25) is 0 Å². The lowest BCUT2D eigenvalue weighted by Gasteiger charge is -2.11. The van der Waals surface area contributed by atoms with Crippen LogP contribution in [0.5, 0.6) is 0 Å². The molecular weight excluding hydrogens is 176 g/mol. The predicted molar refractivity (Wildman–Crippen MR) is 54.0 cm³/mol. The van der Waals surface area contributed by atoms with E-state index in [0.29, 0.717) is 11.6 Å². The third-order valence-electron chi connectivity index (χ3n) is 3.16. The first-order chi connectivity index (χ1) is 6.68. The van der Waals surface area contributed by atoms with Gasteiger partial charge in [-0.2, -0.15) is 5.10 Å². The molecule has 1 saturated carbocycles. The first-order valence-corrected chi connectivity index (χ1v) is 5.22. The number of hydrogen-bond acceptors (Lipinski definition) is 2. The minimum atomic E-state index is 0.213. The summed E-state index contributed by atoms with van der Waals surface area (Å²) in [6.07, 6.45) is 5.23. The van der Waals surface area contributed by atoms with Crippen molar-refractivity contribution >= 4 is 5.78 Å². The van der Waals surface area contributed by atoms with E-state index in [0.717, 1.165) is 6.42 Å². The highest BCUT2D eigenvalue weighted by Crippen LogP contribution is 2.33. The average molecular weight is 192 g/mol. The Morgan fingerprint density at radius 3 is 2.86 bits per heavy atom. The molecule has 2 atom stereocenters. The van der Waals surface area contributed by atoms with Gasteiger partial charge in [-0.15, -0.1) is 0 Å². The van der Waals surface area contributed by atoms with Crippen LogP contribution >= 0.6 is 0 Å². The van der Waals surface area contributed by atoms with Gasteiger partial charge in [-0.3, -0.25) is 9.48 Å². The molecule has 14 heavy (non-hydrogen) atoms. The molecule has 2 unspecified atom stereocenters. The lowest BCUT2D eigenvalue weighted by molar-refractivity contribution is 0.0891. The number of carbonyl (C=O) groups is 1. The molecule has 0 aliphatic heterocycles. The van der Waals surface area contributed by atoms with E-state index in [-0.39, 0.29) is 11.7 Å². The molecule has 0 N–H and O–H groups in total. The molecule has 1 aliphatic carbocycles. The van der Waals surface area contributed by atoms with Crippen molar-refractivity contribution in [2.45, 2.75) is 26.2 Å². The fourth-order valence-electron chi connectivity index (χ4n) is 2.27. The topological polar surface area (TPSA) is 34.9 Å². The van der Waals surface area contributed by atoms with Gasteiger partial charge in [0.1, 0.15) is 5.69 Å². The van der Waals surface area contributed by atoms with E-state index in [1.165, 1.54) is 12.8 Å². The third-order valence-corrected chi connectivity index (χ3v) is 3.16. The lowest BCUT2D eigenvalue weighted by atomic mass is 9.92. The van der Waals surface area contributed by atoms with Crippen LogP contribution in [0.1, 0.15) is 36.7 Å². The molecule has 0 aromatic carbocycles. The number of nitrogens with zero attached hydrogens (tertiary/aromatic N) is 2. The van der Waals surface area contributed by atoms with E-state index in [1.54, 1.807) is 4.68 Å². The number of aryl methyl sites for hydroxylation is 1. The Bertz CT molecular complexity index is 343. The Kier molecular flexibility index (Phi) is 2.40. The summed E-state index contributed by atoms with van der Waals surface area (Å²) in [7, 11) is 1.84. The summed E-state index contributed by atoms with van der Waals surface area (Å²) < 4.78 is 1.69. The van der Waals surface area contributed by atoms with Gasteiger partial charge in [0.25, 0.3) is 0 Å². The smallest absolute Gasteiger partial charge is 0.186 e. The van der Waals surface area contributed by atoms with Gasteiger partial charge in [0, 0.05) is 19.2 Å². The molecule has 1 aromatic heterocycles. The van der Waals surface area contributed by atoms with Crippen LogP contribution in [0.4, 0.5) is 0 Å². The maximum Gasteiger partial charge on any atom is 0.186 e. The Morgan fingerprint density at radius 2 is 2.36 bits per heavy atom. The molecule has 2 rings (SSSR count). The molecule has 1 heterocycles. The van der Waals surface area contributed by atoms with Crippen LogP contribution in [0.3, 0.4) is 0 Å². The van der Waals surface area contributed by atoms with Crippen LogP contribution in [0, 0.1) is 11.8 Å². The first-order valence-electron chi connectivity index (χ1n) is 5.22. The molecule has 3 heteroatoms. The molecule has 0 saturated heterocycles. The second kappa shape index (κ2) is 3.56. The number of carbonyl (C=O) groups excluding carboxylic acids is 1. The Morgan fingerprint density at radius 1 is 1.57 bits per heavy atom. The van der Waals surface area contributed by atoms with E-state index in [2.05, 4.69) is 12.0 Å². The van der Waals surface area contributed by atoms with Crippen molar-refractivity contribution in [2.24, 2.45) is 18.9 Å². The molecule has 76 valence electrons. The standard InChI is InChI=1S/C11H16N2O/c1-8-4-3-5-9(8)11(14)10-6-7-13(2)12-10/h6-9H,3-5H2,1-2H3. The summed E-state index contributed by atoms with van der Waals surface area (Å²) in [5, 5.41) is 4.16. The van der Waals surface area contributed by atoms with E-state index < -0.39 is 0 Å². The van der Waals surface area contributed by atoms with Crippen molar-refractivity contribution < 1.29 is 4.79 Å². The van der Waals surface area contributed by atoms with E-state index >= 15 is 0 Å². The second-order valence-electron chi connectivity index (χ2n) is 4.25. The second-order valence-corrected chi connectivity index (χ2v) is 4.25. The summed E-state index contributed by atoms with van der Waals surface area (Å²) >= 11 is 0. The number of ketones is 1. The predicted octanol–water partition coefficient (Wildman–Crippen LogP) is 2.04. The molecule has 1 fully saturated rings. The van der Waals surface area contributed by atoms with Crippen LogP contribution in [-0.2, 0) is 7.05 Å². The van der Waals surface area contributed by atoms with Crippen LogP contribution in [-0.4, -0.2) is 15.6 Å². The van der Waals surface area contributed by atoms with Gasteiger partial charge in [-0.1, -0.05) is 13.3 Å². The molecule has 1 aliphatic rings. The number of aromatic nitrogens is 2. The van der Waals surface area contributed by atoms with Gasteiger partial charge >= 0.3 is 0 Å². The summed E-state index contributed by atoms with van der Waals surface area (Å²) in [5.74, 6) is 0.977. The van der Waals surface area contributed by atoms with Crippen LogP contribution < -0.4 is 0 Å². The highest BCUT2D eigenvalue weighted by molar-refractivity contribution is 5.96. The lowest BCUT2D eigenvalue weighted by Crippen LogP contribution is -2.17. The maximum absolute atomic E-state index is 12.0. The highest BCUT2D eigenvalue weighted by Gasteiger charge is 2.31. The zero-order valence-corrected chi connectivity index (χ0v) is 8.73. The Hall–Kier alpha value is -1.12. The van der Waals surface area contributed by atoms with Crippen molar-refractivity contribution in [2.75, 3.05) is 0 Å². The number of hydrogen-bond donors (Lipinski definition) is 0. The quantitative estimate of drug-likeness (QED) is 0.672. The van der Waals surface area contributed by atoms with Gasteiger partial charge in [-0.05, 0) is 24.8 Å². The van der Waals surface area contributed by atoms with Crippen LogP contribution in [0.15, 0.2) is 12.3 Å². The summed E-state index contributed by atoms with van der Waals surface area (Å²) in [4.78, 5) is 12.0. The van der Waals surface area contributed by atoms with E-state index in [1.807, 2.05) is 19.3 Å². The van der Waals surface area contributed by atoms with Gasteiger partial charge in [0.05, 0.1) is 0 Å². The van der Waals surface area contributed by atoms with Gasteiger partial charge in [0.15, 0.2) is 5.78 Å². The molecule has 1 aromatic rings. The fourth-order valence-corrected chi connectivity index (χ4v) is 2.27. The molecule has 0 amide bonds. The molecular formula is C11H16N2O. The largest absolute Gasteiger partial charge is 0.292 e. The summed E-state index contributed by atoms with van der Waals surface area (Å²) in [5.41, 5.74) is 0.631. The van der Waals surface area contributed by atoms with Crippen molar-refractivity contribution in [3.8, 4) is 0 Å². The molecule has 0 bridgehead atoms. The number of rotatable bonds is 2. The Balaban J connectivity index is 2.15. The van der Waals surface area contributed by atoms with Crippen LogP contribution in [0.2, 0.25) is 0 Å². The molecule has 0 radical (unpaired) electrons. The molecule has 3 nitrogen and oxygen atoms in total. The normalized spacial score (nSPS) is 26.7. The highest BCUT2D eigenvalue weighted by atomic mass is 16.1. The minimum absolute atomic E-state index is 0.213. The van der Waals surface area contributed by atoms with Gasteiger partial charge < -0.3 is 0 Å². The maximum atomic E-state index is 12.0. The van der Waals surface area contributed by atoms with Crippen molar-refractivity contribution in [3.63, 3.8) is 0 Å². The zero-order valence-electron chi connectivity index (χ0n) is 8.73. The van der Waals surface area contributed by atoms with Crippen LogP contribution in [0.25, 0.3) is 0 Å². The monoisotopic (exact) mass is 192 g/mol. The van der Waals surface area contributed by atoms with Crippen molar-refractivity contribution in [1.29, 1.82) is 0 Å². The average Bonchev–Trinajstić information content (AvgIpc) is 2.73. The van der Waals surface area contributed by atoms with Gasteiger partial charge in [-0.25, -0.2) is 0 Å². The minimum Gasteiger partial charge on any atom is -0.292 e. The van der Waals surface area contributed by atoms with Crippen molar-refractivity contribution in [1.82, 2.24) is 9.78 Å². The Labute approximate surface area is 84.1 Å². The summed E-state index contributed by atoms with van der Waals surface area (Å²) in [6, 6.07) is 1.81. The first kappa shape index (κ1) is 9.44. The zero-order chi connectivity index (χ0) is 10.1. The number of Topliss-reactive ketones (excluding diaryl/α,β-unsaturated/α-hetero) is 1.